The molecule has 110 valence electrons. The van der Waals surface area contributed by atoms with Crippen LogP contribution in [0, 0.1) is 0 Å². The average Bonchev–Trinajstić information content (AvgIpc) is 3.05. The van der Waals surface area contributed by atoms with Crippen molar-refractivity contribution >= 4 is 29.2 Å². The monoisotopic (exact) mass is 319 g/mol. The van der Waals surface area contributed by atoms with Crippen LogP contribution in [0.2, 0.25) is 0 Å². The number of nitrogens with zero attached hydrogens (tertiary/aromatic N) is 2. The molecule has 2 atom stereocenters. The van der Waals surface area contributed by atoms with Gasteiger partial charge in [0.15, 0.2) is 5.82 Å². The molecule has 4 nitrogen and oxygen atoms in total. The van der Waals surface area contributed by atoms with Crippen molar-refractivity contribution in [3.63, 3.8) is 0 Å². The molecular weight excluding hydrogens is 302 g/mol. The molecule has 2 aromatic rings. The third-order valence-electron chi connectivity index (χ3n) is 3.94. The zero-order valence-electron chi connectivity index (χ0n) is 11.6. The second-order valence-corrected chi connectivity index (χ2v) is 7.74. The summed E-state index contributed by atoms with van der Waals surface area (Å²) in [5.41, 5.74) is 2.46. The number of fused-ring (bicyclic) bond motifs is 1. The molecule has 0 radical (unpaired) electrons. The number of anilines is 1. The first-order valence-corrected chi connectivity index (χ1v) is 9.48. The van der Waals surface area contributed by atoms with Gasteiger partial charge >= 0.3 is 0 Å². The molecule has 1 fully saturated rings. The van der Waals surface area contributed by atoms with Crippen LogP contribution in [0.15, 0.2) is 28.8 Å². The summed E-state index contributed by atoms with van der Waals surface area (Å²) >= 11 is 3.92. The summed E-state index contributed by atoms with van der Waals surface area (Å²) in [6.07, 6.45) is 1.01. The largest absolute Gasteiger partial charge is 0.385 e. The van der Waals surface area contributed by atoms with Crippen molar-refractivity contribution < 1.29 is 4.52 Å². The van der Waals surface area contributed by atoms with Gasteiger partial charge in [0.2, 0.25) is 5.89 Å². The van der Waals surface area contributed by atoms with E-state index in [2.05, 4.69) is 34.7 Å². The van der Waals surface area contributed by atoms with Crippen LogP contribution in [0.25, 0.3) is 0 Å². The fourth-order valence-electron chi connectivity index (χ4n) is 2.88. The number of nitrogens with one attached hydrogen (secondary N) is 1. The molecule has 2 aliphatic heterocycles. The maximum absolute atomic E-state index is 5.60. The fourth-order valence-corrected chi connectivity index (χ4v) is 5.47. The number of benzene rings is 1. The smallest absolute Gasteiger partial charge is 0.234 e. The normalized spacial score (nSPS) is 25.1. The molecule has 1 aromatic heterocycles. The van der Waals surface area contributed by atoms with Crippen LogP contribution in [0.5, 0.6) is 0 Å². The molecule has 6 heteroatoms. The SMILES string of the molecule is c1ccc2c(c1)NCCC2c1nc(C2CSCCS2)no1. The van der Waals surface area contributed by atoms with Crippen molar-refractivity contribution in [2.24, 2.45) is 0 Å². The van der Waals surface area contributed by atoms with Crippen molar-refractivity contribution in [2.45, 2.75) is 17.6 Å². The zero-order valence-corrected chi connectivity index (χ0v) is 13.3. The van der Waals surface area contributed by atoms with Crippen molar-refractivity contribution in [3.8, 4) is 0 Å². The summed E-state index contributed by atoms with van der Waals surface area (Å²) < 4.78 is 5.60. The third kappa shape index (κ3) is 2.66. The Kier molecular flexibility index (Phi) is 3.82. The molecule has 2 aliphatic rings. The minimum absolute atomic E-state index is 0.227. The van der Waals surface area contributed by atoms with Gasteiger partial charge in [-0.25, -0.2) is 0 Å². The van der Waals surface area contributed by atoms with Crippen LogP contribution in [0.3, 0.4) is 0 Å². The van der Waals surface area contributed by atoms with Crippen molar-refractivity contribution in [1.29, 1.82) is 0 Å². The Morgan fingerprint density at radius 1 is 1.24 bits per heavy atom. The lowest BCUT2D eigenvalue weighted by atomic mass is 9.91. The molecule has 0 aliphatic carbocycles. The first-order valence-electron chi connectivity index (χ1n) is 7.27. The van der Waals surface area contributed by atoms with Gasteiger partial charge in [-0.2, -0.15) is 16.7 Å². The molecular formula is C15H17N3OS2. The van der Waals surface area contributed by atoms with E-state index < -0.39 is 0 Å². The average molecular weight is 319 g/mol. The number of hydrogen-bond acceptors (Lipinski definition) is 6. The molecule has 1 saturated heterocycles. The van der Waals surface area contributed by atoms with E-state index in [-0.39, 0.29) is 5.92 Å². The van der Waals surface area contributed by atoms with Gasteiger partial charge in [-0.05, 0) is 18.1 Å². The van der Waals surface area contributed by atoms with E-state index in [4.69, 9.17) is 9.51 Å². The molecule has 4 rings (SSSR count). The van der Waals surface area contributed by atoms with Crippen LogP contribution in [0.1, 0.15) is 34.9 Å². The Morgan fingerprint density at radius 2 is 2.19 bits per heavy atom. The van der Waals surface area contributed by atoms with E-state index in [1.165, 1.54) is 22.8 Å². The lowest BCUT2D eigenvalue weighted by Gasteiger charge is -2.23. The Bertz CT molecular complexity index is 625. The van der Waals surface area contributed by atoms with Gasteiger partial charge in [0.05, 0.1) is 11.2 Å². The van der Waals surface area contributed by atoms with Gasteiger partial charge in [0.1, 0.15) is 0 Å². The predicted molar refractivity (Wildman–Crippen MR) is 88.2 cm³/mol. The van der Waals surface area contributed by atoms with Gasteiger partial charge in [0.25, 0.3) is 0 Å². The number of thioether (sulfide) groups is 2. The van der Waals surface area contributed by atoms with E-state index in [0.717, 1.165) is 30.4 Å². The highest BCUT2D eigenvalue weighted by Gasteiger charge is 2.28. The summed E-state index contributed by atoms with van der Waals surface area (Å²) in [4.78, 5) is 4.72. The van der Waals surface area contributed by atoms with Crippen molar-refractivity contribution in [3.05, 3.63) is 41.5 Å². The van der Waals surface area contributed by atoms with Gasteiger partial charge in [0, 0.05) is 29.5 Å². The van der Waals surface area contributed by atoms with Gasteiger partial charge in [-0.15, -0.1) is 11.8 Å². The summed E-state index contributed by atoms with van der Waals surface area (Å²) in [6.45, 7) is 0.952. The molecule has 0 saturated carbocycles. The Morgan fingerprint density at radius 3 is 3.10 bits per heavy atom. The molecule has 3 heterocycles. The summed E-state index contributed by atoms with van der Waals surface area (Å²) in [6, 6.07) is 8.40. The van der Waals surface area contributed by atoms with Crippen LogP contribution in [0.4, 0.5) is 5.69 Å². The molecule has 0 spiro atoms. The minimum Gasteiger partial charge on any atom is -0.385 e. The topological polar surface area (TPSA) is 51.0 Å². The zero-order chi connectivity index (χ0) is 14.1. The van der Waals surface area contributed by atoms with Crippen LogP contribution < -0.4 is 5.32 Å². The predicted octanol–water partition coefficient (Wildman–Crippen LogP) is 3.54. The summed E-state index contributed by atoms with van der Waals surface area (Å²) in [5, 5.41) is 8.07. The highest BCUT2D eigenvalue weighted by Crippen LogP contribution is 2.38. The Hall–Kier alpha value is -1.14. The molecule has 0 amide bonds. The summed E-state index contributed by atoms with van der Waals surface area (Å²) in [5.74, 6) is 5.37. The maximum Gasteiger partial charge on any atom is 0.234 e. The molecule has 1 aromatic carbocycles. The van der Waals surface area contributed by atoms with Crippen LogP contribution in [-0.4, -0.2) is 33.9 Å². The number of para-hydroxylation sites is 1. The maximum atomic E-state index is 5.60. The van der Waals surface area contributed by atoms with Crippen molar-refractivity contribution in [2.75, 3.05) is 29.1 Å². The number of rotatable bonds is 2. The second-order valence-electron chi connectivity index (χ2n) is 5.28. The molecule has 21 heavy (non-hydrogen) atoms. The first kappa shape index (κ1) is 13.5. The van der Waals surface area contributed by atoms with Crippen LogP contribution >= 0.6 is 23.5 Å². The van der Waals surface area contributed by atoms with Gasteiger partial charge in [-0.1, -0.05) is 23.4 Å². The fraction of sp³-hybridized carbons (Fsp3) is 0.467. The molecule has 0 bridgehead atoms. The Balaban J connectivity index is 1.61. The highest BCUT2D eigenvalue weighted by atomic mass is 32.2. The van der Waals surface area contributed by atoms with E-state index in [1.54, 1.807) is 0 Å². The molecule has 1 N–H and O–H groups in total. The molecule has 2 unspecified atom stereocenters. The van der Waals surface area contributed by atoms with E-state index in [9.17, 15) is 0 Å². The lowest BCUT2D eigenvalue weighted by molar-refractivity contribution is 0.356. The van der Waals surface area contributed by atoms with E-state index in [1.807, 2.05) is 23.5 Å². The third-order valence-corrected chi connectivity index (χ3v) is 6.70. The number of hydrogen-bond donors (Lipinski definition) is 1. The summed E-state index contributed by atoms with van der Waals surface area (Å²) in [7, 11) is 0. The van der Waals surface area contributed by atoms with Crippen LogP contribution in [-0.2, 0) is 0 Å². The lowest BCUT2D eigenvalue weighted by Crippen LogP contribution is -2.17. The standard InChI is InChI=1S/C15H17N3OS2/c1-2-4-12-10(3-1)11(5-6-16-12)15-17-14(18-19-15)13-9-20-7-8-21-13/h1-4,11,13,16H,5-9H2. The van der Waals surface area contributed by atoms with E-state index in [0.29, 0.717) is 5.25 Å². The van der Waals surface area contributed by atoms with Gasteiger partial charge in [-0.3, -0.25) is 0 Å². The first-order chi connectivity index (χ1) is 10.4. The van der Waals surface area contributed by atoms with E-state index >= 15 is 0 Å². The number of aromatic nitrogens is 2. The van der Waals surface area contributed by atoms with Gasteiger partial charge < -0.3 is 9.84 Å². The van der Waals surface area contributed by atoms with Crippen molar-refractivity contribution in [1.82, 2.24) is 10.1 Å². The second kappa shape index (κ2) is 5.93. The Labute approximate surface area is 132 Å². The highest BCUT2D eigenvalue weighted by molar-refractivity contribution is 8.06. The minimum atomic E-state index is 0.227. The quantitative estimate of drug-likeness (QED) is 0.914.